The number of hydrogen-bond donors (Lipinski definition) is 3. The molecule has 162 valence electrons. The van der Waals surface area contributed by atoms with Gasteiger partial charge in [-0.15, -0.1) is 0 Å². The standard InChI is InChI=1S/C20H16F2IN3O4S/c21-12-7-17(26-16-5-4-13(23)9-15(16)22)19(20(24)27)18(8-12)30-14-3-1-2-11(6-14)10-31(25,28)29/h1-9,26H,10H2,(H2,24,27)(H2,25,28,29). The lowest BCUT2D eigenvalue weighted by Gasteiger charge is -2.16. The van der Waals surface area contributed by atoms with E-state index in [1.807, 2.05) is 22.6 Å². The zero-order chi connectivity index (χ0) is 22.8. The molecular formula is C20H16F2IN3O4S. The van der Waals surface area contributed by atoms with E-state index in [0.29, 0.717) is 9.13 Å². The average molecular weight is 559 g/mol. The van der Waals surface area contributed by atoms with E-state index in [2.05, 4.69) is 5.32 Å². The molecule has 3 aromatic carbocycles. The smallest absolute Gasteiger partial charge is 0.254 e. The highest BCUT2D eigenvalue weighted by atomic mass is 127. The Morgan fingerprint density at radius 3 is 2.45 bits per heavy atom. The number of ether oxygens (including phenoxy) is 1. The quantitative estimate of drug-likeness (QED) is 0.378. The highest BCUT2D eigenvalue weighted by Gasteiger charge is 2.20. The first-order valence-electron chi connectivity index (χ1n) is 8.64. The van der Waals surface area contributed by atoms with Crippen molar-refractivity contribution in [3.63, 3.8) is 0 Å². The molecule has 0 heterocycles. The molecule has 0 aliphatic heterocycles. The summed E-state index contributed by atoms with van der Waals surface area (Å²) in [5, 5.41) is 7.71. The van der Waals surface area contributed by atoms with Gasteiger partial charge in [0.25, 0.3) is 5.91 Å². The molecule has 11 heteroatoms. The normalized spacial score (nSPS) is 11.2. The van der Waals surface area contributed by atoms with Gasteiger partial charge in [0, 0.05) is 9.64 Å². The van der Waals surface area contributed by atoms with Gasteiger partial charge in [-0.1, -0.05) is 12.1 Å². The number of benzene rings is 3. The van der Waals surface area contributed by atoms with Crippen molar-refractivity contribution in [2.24, 2.45) is 10.9 Å². The summed E-state index contributed by atoms with van der Waals surface area (Å²) in [5.41, 5.74) is 5.51. The van der Waals surface area contributed by atoms with Crippen molar-refractivity contribution in [2.75, 3.05) is 5.32 Å². The van der Waals surface area contributed by atoms with Gasteiger partial charge in [-0.3, -0.25) is 4.79 Å². The number of sulfonamides is 1. The molecule has 3 rings (SSSR count). The van der Waals surface area contributed by atoms with Crippen LogP contribution in [0.4, 0.5) is 20.2 Å². The Hall–Kier alpha value is -2.77. The lowest BCUT2D eigenvalue weighted by Crippen LogP contribution is -2.15. The second kappa shape index (κ2) is 9.16. The van der Waals surface area contributed by atoms with Crippen LogP contribution in [0.2, 0.25) is 0 Å². The lowest BCUT2D eigenvalue weighted by molar-refractivity contribution is 0.0999. The van der Waals surface area contributed by atoms with Gasteiger partial charge in [0.1, 0.15) is 28.7 Å². The van der Waals surface area contributed by atoms with Crippen LogP contribution in [0.5, 0.6) is 11.5 Å². The summed E-state index contributed by atoms with van der Waals surface area (Å²) in [5.74, 6) is -2.85. The third-order valence-electron chi connectivity index (χ3n) is 4.01. The highest BCUT2D eigenvalue weighted by Crippen LogP contribution is 2.34. The van der Waals surface area contributed by atoms with Gasteiger partial charge in [-0.2, -0.15) is 0 Å². The Bertz CT molecular complexity index is 1270. The Balaban J connectivity index is 2.01. The Labute approximate surface area is 190 Å². The fourth-order valence-corrected chi connectivity index (χ4v) is 3.91. The van der Waals surface area contributed by atoms with Gasteiger partial charge in [-0.05, 0) is 64.6 Å². The molecule has 5 N–H and O–H groups in total. The molecule has 0 fully saturated rings. The Morgan fingerprint density at radius 2 is 1.81 bits per heavy atom. The third-order valence-corrected chi connectivity index (χ3v) is 5.41. The summed E-state index contributed by atoms with van der Waals surface area (Å²) in [6.07, 6.45) is 0. The molecule has 0 radical (unpaired) electrons. The van der Waals surface area contributed by atoms with Crippen LogP contribution in [0.3, 0.4) is 0 Å². The van der Waals surface area contributed by atoms with E-state index in [9.17, 15) is 22.0 Å². The summed E-state index contributed by atoms with van der Waals surface area (Å²) < 4.78 is 57.4. The van der Waals surface area contributed by atoms with Crippen LogP contribution in [0, 0.1) is 15.2 Å². The van der Waals surface area contributed by atoms with Gasteiger partial charge in [0.2, 0.25) is 10.0 Å². The molecule has 31 heavy (non-hydrogen) atoms. The van der Waals surface area contributed by atoms with Crippen molar-refractivity contribution in [3.05, 3.63) is 80.9 Å². The van der Waals surface area contributed by atoms with Crippen molar-refractivity contribution < 1.29 is 26.7 Å². The van der Waals surface area contributed by atoms with Crippen LogP contribution in [0.25, 0.3) is 0 Å². The molecule has 0 atom stereocenters. The van der Waals surface area contributed by atoms with Crippen molar-refractivity contribution in [1.29, 1.82) is 0 Å². The molecule has 0 bridgehead atoms. The number of carbonyl (C=O) groups is 1. The number of rotatable bonds is 7. The molecule has 0 saturated carbocycles. The van der Waals surface area contributed by atoms with E-state index in [4.69, 9.17) is 15.6 Å². The van der Waals surface area contributed by atoms with Gasteiger partial charge in [0.05, 0.1) is 17.1 Å². The topological polar surface area (TPSA) is 125 Å². The van der Waals surface area contributed by atoms with Gasteiger partial charge < -0.3 is 15.8 Å². The maximum atomic E-state index is 14.3. The molecule has 0 aliphatic rings. The molecule has 1 amide bonds. The van der Waals surface area contributed by atoms with Crippen LogP contribution >= 0.6 is 22.6 Å². The number of nitrogens with one attached hydrogen (secondary N) is 1. The fraction of sp³-hybridized carbons (Fsp3) is 0.0500. The first kappa shape index (κ1) is 22.9. The number of halogens is 3. The molecular weight excluding hydrogens is 543 g/mol. The SMILES string of the molecule is NC(=O)c1c(Nc2ccc(I)cc2F)cc(F)cc1Oc1cccc(CS(N)(=O)=O)c1. The van der Waals surface area contributed by atoms with Crippen molar-refractivity contribution in [2.45, 2.75) is 5.75 Å². The van der Waals surface area contributed by atoms with Gasteiger partial charge in [-0.25, -0.2) is 22.3 Å². The van der Waals surface area contributed by atoms with E-state index < -0.39 is 33.3 Å². The number of nitrogens with two attached hydrogens (primary N) is 2. The predicted octanol–water partition coefficient (Wildman–Crippen LogP) is 3.99. The monoisotopic (exact) mass is 559 g/mol. The molecule has 0 spiro atoms. The van der Waals surface area contributed by atoms with E-state index in [1.165, 1.54) is 36.4 Å². The number of amides is 1. The summed E-state index contributed by atoms with van der Waals surface area (Å²) >= 11 is 1.94. The summed E-state index contributed by atoms with van der Waals surface area (Å²) in [6.45, 7) is 0. The zero-order valence-electron chi connectivity index (χ0n) is 15.7. The number of primary amides is 1. The number of carbonyl (C=O) groups excluding carboxylic acids is 1. The van der Waals surface area contributed by atoms with E-state index in [1.54, 1.807) is 6.07 Å². The van der Waals surface area contributed by atoms with Crippen LogP contribution in [0.15, 0.2) is 54.6 Å². The summed E-state index contributed by atoms with van der Waals surface area (Å²) in [7, 11) is -3.78. The number of hydrogen-bond acceptors (Lipinski definition) is 5. The van der Waals surface area contributed by atoms with Crippen LogP contribution in [0.1, 0.15) is 15.9 Å². The van der Waals surface area contributed by atoms with Crippen LogP contribution < -0.4 is 20.9 Å². The molecule has 3 aromatic rings. The second-order valence-electron chi connectivity index (χ2n) is 6.50. The number of primary sulfonamides is 1. The summed E-state index contributed by atoms with van der Waals surface area (Å²) in [6, 6.07) is 12.2. The minimum absolute atomic E-state index is 0.00890. The minimum atomic E-state index is -3.78. The lowest BCUT2D eigenvalue weighted by atomic mass is 10.1. The van der Waals surface area contributed by atoms with E-state index in [-0.39, 0.29) is 28.4 Å². The average Bonchev–Trinajstić information content (AvgIpc) is 2.62. The summed E-state index contributed by atoms with van der Waals surface area (Å²) in [4.78, 5) is 12.1. The molecule has 7 nitrogen and oxygen atoms in total. The highest BCUT2D eigenvalue weighted by molar-refractivity contribution is 14.1. The van der Waals surface area contributed by atoms with Gasteiger partial charge >= 0.3 is 0 Å². The molecule has 0 unspecified atom stereocenters. The molecule has 0 aliphatic carbocycles. The van der Waals surface area contributed by atoms with Gasteiger partial charge in [0.15, 0.2) is 0 Å². The van der Waals surface area contributed by atoms with E-state index in [0.717, 1.165) is 12.1 Å². The first-order chi connectivity index (χ1) is 14.5. The van der Waals surface area contributed by atoms with E-state index >= 15 is 0 Å². The molecule has 0 saturated heterocycles. The minimum Gasteiger partial charge on any atom is -0.456 e. The zero-order valence-corrected chi connectivity index (χ0v) is 18.7. The number of anilines is 2. The first-order valence-corrected chi connectivity index (χ1v) is 11.4. The predicted molar refractivity (Wildman–Crippen MR) is 121 cm³/mol. The Kier molecular flexibility index (Phi) is 6.77. The second-order valence-corrected chi connectivity index (χ2v) is 9.36. The van der Waals surface area contributed by atoms with Crippen LogP contribution in [-0.4, -0.2) is 14.3 Å². The maximum absolute atomic E-state index is 14.3. The van der Waals surface area contributed by atoms with Crippen molar-refractivity contribution in [1.82, 2.24) is 0 Å². The fourth-order valence-electron chi connectivity index (χ4n) is 2.81. The van der Waals surface area contributed by atoms with Crippen LogP contribution in [-0.2, 0) is 15.8 Å². The largest absolute Gasteiger partial charge is 0.456 e. The molecule has 0 aromatic heterocycles. The Morgan fingerprint density at radius 1 is 1.06 bits per heavy atom. The maximum Gasteiger partial charge on any atom is 0.254 e. The van der Waals surface area contributed by atoms with Crippen molar-refractivity contribution in [3.8, 4) is 11.5 Å². The third kappa shape index (κ3) is 6.12. The van der Waals surface area contributed by atoms with Crippen molar-refractivity contribution >= 4 is 49.9 Å².